The van der Waals surface area contributed by atoms with Gasteiger partial charge in [-0.15, -0.1) is 0 Å². The average Bonchev–Trinajstić information content (AvgIpc) is 3.28. The van der Waals surface area contributed by atoms with Gasteiger partial charge in [0.2, 0.25) is 0 Å². The molecular formula is C19H33N3O3. The van der Waals surface area contributed by atoms with Crippen molar-refractivity contribution in [2.45, 2.75) is 56.6 Å². The lowest BCUT2D eigenvalue weighted by molar-refractivity contribution is -0.139. The van der Waals surface area contributed by atoms with E-state index >= 15 is 0 Å². The van der Waals surface area contributed by atoms with Crippen LogP contribution in [-0.4, -0.2) is 80.0 Å². The fourth-order valence-electron chi connectivity index (χ4n) is 5.01. The monoisotopic (exact) mass is 351 g/mol. The van der Waals surface area contributed by atoms with Crippen molar-refractivity contribution in [3.05, 3.63) is 0 Å². The SMILES string of the molecule is O=C(NC1CCOC2(CCOCC2)C1)N1CCC(CN2CCCC2)C1. The van der Waals surface area contributed by atoms with Crippen molar-refractivity contribution in [3.8, 4) is 0 Å². The third-order valence-corrected chi connectivity index (χ3v) is 6.51. The summed E-state index contributed by atoms with van der Waals surface area (Å²) in [5, 5.41) is 3.30. The second kappa shape index (κ2) is 7.80. The van der Waals surface area contributed by atoms with Crippen molar-refractivity contribution in [2.75, 3.05) is 52.5 Å². The highest BCUT2D eigenvalue weighted by atomic mass is 16.5. The molecule has 25 heavy (non-hydrogen) atoms. The van der Waals surface area contributed by atoms with Crippen LogP contribution in [0.1, 0.15) is 44.9 Å². The minimum absolute atomic E-state index is 0.0578. The van der Waals surface area contributed by atoms with Gasteiger partial charge in [-0.25, -0.2) is 4.79 Å². The van der Waals surface area contributed by atoms with Gasteiger partial charge in [0.25, 0.3) is 0 Å². The second-order valence-corrected chi connectivity index (χ2v) is 8.39. The highest BCUT2D eigenvalue weighted by Gasteiger charge is 2.40. The van der Waals surface area contributed by atoms with E-state index in [2.05, 4.69) is 10.2 Å². The zero-order valence-electron chi connectivity index (χ0n) is 15.4. The number of hydrogen-bond donors (Lipinski definition) is 1. The molecule has 2 atom stereocenters. The molecule has 0 aliphatic carbocycles. The number of nitrogens with one attached hydrogen (secondary N) is 1. The first-order valence-electron chi connectivity index (χ1n) is 10.2. The van der Waals surface area contributed by atoms with Gasteiger partial charge in [-0.1, -0.05) is 0 Å². The maximum absolute atomic E-state index is 12.7. The summed E-state index contributed by atoms with van der Waals surface area (Å²) >= 11 is 0. The third kappa shape index (κ3) is 4.29. The van der Waals surface area contributed by atoms with Gasteiger partial charge in [0.15, 0.2) is 0 Å². The largest absolute Gasteiger partial charge is 0.381 e. The van der Waals surface area contributed by atoms with Gasteiger partial charge < -0.3 is 24.6 Å². The van der Waals surface area contributed by atoms with E-state index in [0.717, 1.165) is 65.0 Å². The highest BCUT2D eigenvalue weighted by Crippen LogP contribution is 2.34. The first-order valence-corrected chi connectivity index (χ1v) is 10.2. The summed E-state index contributed by atoms with van der Waals surface area (Å²) in [6, 6.07) is 0.384. The van der Waals surface area contributed by atoms with Gasteiger partial charge >= 0.3 is 6.03 Å². The molecule has 4 heterocycles. The van der Waals surface area contributed by atoms with Crippen molar-refractivity contribution in [1.82, 2.24) is 15.1 Å². The number of urea groups is 1. The zero-order chi connectivity index (χ0) is 17.1. The molecule has 4 saturated heterocycles. The summed E-state index contributed by atoms with van der Waals surface area (Å²) in [4.78, 5) is 17.3. The maximum atomic E-state index is 12.7. The van der Waals surface area contributed by atoms with Crippen molar-refractivity contribution in [2.24, 2.45) is 5.92 Å². The molecule has 4 aliphatic heterocycles. The fraction of sp³-hybridized carbons (Fsp3) is 0.947. The smallest absolute Gasteiger partial charge is 0.317 e. The lowest BCUT2D eigenvalue weighted by atomic mass is 9.84. The average molecular weight is 351 g/mol. The molecule has 0 saturated carbocycles. The lowest BCUT2D eigenvalue weighted by Gasteiger charge is -2.43. The van der Waals surface area contributed by atoms with Crippen LogP contribution in [0.5, 0.6) is 0 Å². The number of hydrogen-bond acceptors (Lipinski definition) is 4. The van der Waals surface area contributed by atoms with Crippen LogP contribution < -0.4 is 5.32 Å². The van der Waals surface area contributed by atoms with Crippen LogP contribution in [0.4, 0.5) is 4.79 Å². The van der Waals surface area contributed by atoms with Gasteiger partial charge in [0.1, 0.15) is 0 Å². The van der Waals surface area contributed by atoms with Crippen LogP contribution in [0.25, 0.3) is 0 Å². The molecular weight excluding hydrogens is 318 g/mol. The molecule has 0 radical (unpaired) electrons. The molecule has 1 spiro atoms. The van der Waals surface area contributed by atoms with Crippen LogP contribution >= 0.6 is 0 Å². The van der Waals surface area contributed by atoms with Crippen LogP contribution in [0.2, 0.25) is 0 Å². The number of carbonyl (C=O) groups is 1. The Hall–Kier alpha value is -0.850. The molecule has 0 aromatic heterocycles. The zero-order valence-corrected chi connectivity index (χ0v) is 15.4. The van der Waals surface area contributed by atoms with Crippen LogP contribution in [0.3, 0.4) is 0 Å². The summed E-state index contributed by atoms with van der Waals surface area (Å²) in [5.74, 6) is 0.653. The van der Waals surface area contributed by atoms with Gasteiger partial charge in [0, 0.05) is 45.5 Å². The van der Waals surface area contributed by atoms with E-state index in [0.29, 0.717) is 5.92 Å². The van der Waals surface area contributed by atoms with Crippen LogP contribution in [0, 0.1) is 5.92 Å². The van der Waals surface area contributed by atoms with Crippen molar-refractivity contribution < 1.29 is 14.3 Å². The Labute approximate surface area is 151 Å². The number of ether oxygens (including phenoxy) is 2. The molecule has 6 nitrogen and oxygen atoms in total. The first kappa shape index (κ1) is 17.6. The van der Waals surface area contributed by atoms with E-state index in [1.807, 2.05) is 4.90 Å². The van der Waals surface area contributed by atoms with Crippen LogP contribution in [-0.2, 0) is 9.47 Å². The van der Waals surface area contributed by atoms with Crippen molar-refractivity contribution in [1.29, 1.82) is 0 Å². The van der Waals surface area contributed by atoms with Gasteiger partial charge in [-0.2, -0.15) is 0 Å². The number of likely N-dealkylation sites (tertiary alicyclic amines) is 2. The number of carbonyl (C=O) groups excluding carboxylic acids is 1. The summed E-state index contributed by atoms with van der Waals surface area (Å²) in [7, 11) is 0. The second-order valence-electron chi connectivity index (χ2n) is 8.39. The Balaban J connectivity index is 1.24. The normalized spacial score (nSPS) is 33.0. The molecule has 4 fully saturated rings. The molecule has 0 aromatic rings. The van der Waals surface area contributed by atoms with E-state index in [1.165, 1.54) is 32.5 Å². The molecule has 6 heteroatoms. The quantitative estimate of drug-likeness (QED) is 0.843. The highest BCUT2D eigenvalue weighted by molar-refractivity contribution is 5.74. The van der Waals surface area contributed by atoms with E-state index in [-0.39, 0.29) is 17.7 Å². The molecule has 2 amide bonds. The van der Waals surface area contributed by atoms with E-state index in [1.54, 1.807) is 0 Å². The summed E-state index contributed by atoms with van der Waals surface area (Å²) in [6.07, 6.45) is 7.62. The Morgan fingerprint density at radius 2 is 1.88 bits per heavy atom. The number of nitrogens with zero attached hydrogens (tertiary/aromatic N) is 2. The molecule has 2 unspecified atom stereocenters. The molecule has 4 rings (SSSR count). The third-order valence-electron chi connectivity index (χ3n) is 6.51. The fourth-order valence-corrected chi connectivity index (χ4v) is 5.01. The first-order chi connectivity index (χ1) is 12.2. The molecule has 4 aliphatic rings. The van der Waals surface area contributed by atoms with Crippen molar-refractivity contribution >= 4 is 6.03 Å². The maximum Gasteiger partial charge on any atom is 0.317 e. The van der Waals surface area contributed by atoms with Crippen molar-refractivity contribution in [3.63, 3.8) is 0 Å². The molecule has 142 valence electrons. The minimum atomic E-state index is -0.0578. The van der Waals surface area contributed by atoms with E-state index < -0.39 is 0 Å². The molecule has 0 bridgehead atoms. The van der Waals surface area contributed by atoms with E-state index in [9.17, 15) is 4.79 Å². The summed E-state index contributed by atoms with van der Waals surface area (Å²) in [6.45, 7) is 7.81. The predicted molar refractivity (Wildman–Crippen MR) is 95.6 cm³/mol. The molecule has 0 aromatic carbocycles. The van der Waals surface area contributed by atoms with E-state index in [4.69, 9.17) is 9.47 Å². The standard InChI is InChI=1S/C19H33N3O3/c23-18(22-9-3-16(15-22)14-21-7-1-2-8-21)20-17-4-10-25-19(13-17)5-11-24-12-6-19/h16-17H,1-15H2,(H,20,23). The minimum Gasteiger partial charge on any atom is -0.381 e. The topological polar surface area (TPSA) is 54.0 Å². The molecule has 1 N–H and O–H groups in total. The Kier molecular flexibility index (Phi) is 5.48. The Bertz CT molecular complexity index is 455. The van der Waals surface area contributed by atoms with Gasteiger partial charge in [-0.3, -0.25) is 0 Å². The predicted octanol–water partition coefficient (Wildman–Crippen LogP) is 1.84. The number of rotatable bonds is 3. The van der Waals surface area contributed by atoms with Gasteiger partial charge in [-0.05, 0) is 64.0 Å². The summed E-state index contributed by atoms with van der Waals surface area (Å²) < 4.78 is 11.6. The Morgan fingerprint density at radius 1 is 1.08 bits per heavy atom. The summed E-state index contributed by atoms with van der Waals surface area (Å²) in [5.41, 5.74) is -0.0578. The lowest BCUT2D eigenvalue weighted by Crippen LogP contribution is -2.53. The number of amides is 2. The van der Waals surface area contributed by atoms with Gasteiger partial charge in [0.05, 0.1) is 5.60 Å². The van der Waals surface area contributed by atoms with Crippen LogP contribution in [0.15, 0.2) is 0 Å². The Morgan fingerprint density at radius 3 is 2.68 bits per heavy atom.